The minimum Gasteiger partial charge on any atom is -0.357 e. The number of amides is 3. The van der Waals surface area contributed by atoms with Gasteiger partial charge in [0.15, 0.2) is 0 Å². The van der Waals surface area contributed by atoms with Gasteiger partial charge in [0.1, 0.15) is 5.69 Å². The van der Waals surface area contributed by atoms with Gasteiger partial charge in [-0.2, -0.15) is 0 Å². The number of aromatic amines is 1. The number of nitrogens with zero attached hydrogens (tertiary/aromatic N) is 3. The summed E-state index contributed by atoms with van der Waals surface area (Å²) in [5.74, 6) is 0.129. The van der Waals surface area contributed by atoms with E-state index in [0.717, 1.165) is 19.4 Å². The Kier molecular flexibility index (Phi) is 5.40. The molecule has 0 unspecified atom stereocenters. The van der Waals surface area contributed by atoms with Crippen LogP contribution in [0.4, 0.5) is 0 Å². The van der Waals surface area contributed by atoms with Gasteiger partial charge in [-0.15, -0.1) is 0 Å². The van der Waals surface area contributed by atoms with Gasteiger partial charge in [0.2, 0.25) is 11.8 Å². The smallest absolute Gasteiger partial charge is 0.270 e. The van der Waals surface area contributed by atoms with Gasteiger partial charge >= 0.3 is 0 Å². The molecule has 2 aliphatic heterocycles. The van der Waals surface area contributed by atoms with Crippen LogP contribution in [-0.4, -0.2) is 76.7 Å². The number of carbonyl (C=O) groups is 3. The Balaban J connectivity index is 1.53. The highest BCUT2D eigenvalue weighted by Crippen LogP contribution is 2.20. The van der Waals surface area contributed by atoms with Crippen LogP contribution in [0, 0.1) is 5.92 Å². The van der Waals surface area contributed by atoms with Gasteiger partial charge in [0.05, 0.1) is 5.92 Å². The number of H-pyrrole nitrogens is 1. The summed E-state index contributed by atoms with van der Waals surface area (Å²) < 4.78 is 0. The zero-order valence-corrected chi connectivity index (χ0v) is 14.7. The summed E-state index contributed by atoms with van der Waals surface area (Å²) in [7, 11) is 0. The Morgan fingerprint density at radius 1 is 1.08 bits per heavy atom. The standard InChI is InChI=1S/C18H26N4O3/c1-2-16(23)22-8-4-5-14(13-22)17(24)20-9-11-21(12-10-20)18(25)15-6-3-7-19-15/h3,6-7,14,19H,2,4-5,8-13H2,1H3/t14-/m1/s1. The summed E-state index contributed by atoms with van der Waals surface area (Å²) in [4.78, 5) is 45.4. The fourth-order valence-corrected chi connectivity index (χ4v) is 3.65. The zero-order valence-electron chi connectivity index (χ0n) is 14.7. The van der Waals surface area contributed by atoms with Gasteiger partial charge in [0.25, 0.3) is 5.91 Å². The van der Waals surface area contributed by atoms with Crippen LogP contribution in [0.2, 0.25) is 0 Å². The lowest BCUT2D eigenvalue weighted by molar-refractivity contribution is -0.141. The first kappa shape index (κ1) is 17.5. The fourth-order valence-electron chi connectivity index (χ4n) is 3.65. The van der Waals surface area contributed by atoms with Crippen molar-refractivity contribution in [2.75, 3.05) is 39.3 Å². The zero-order chi connectivity index (χ0) is 17.8. The molecule has 1 aromatic rings. The molecule has 0 saturated carbocycles. The van der Waals surface area contributed by atoms with E-state index in [2.05, 4.69) is 4.98 Å². The molecule has 3 amide bonds. The molecule has 1 aromatic heterocycles. The van der Waals surface area contributed by atoms with E-state index < -0.39 is 0 Å². The number of aromatic nitrogens is 1. The van der Waals surface area contributed by atoms with E-state index in [-0.39, 0.29) is 23.6 Å². The molecule has 2 fully saturated rings. The number of rotatable bonds is 3. The maximum Gasteiger partial charge on any atom is 0.270 e. The van der Waals surface area contributed by atoms with Crippen molar-refractivity contribution in [3.8, 4) is 0 Å². The highest BCUT2D eigenvalue weighted by atomic mass is 16.2. The lowest BCUT2D eigenvalue weighted by Gasteiger charge is -2.39. The van der Waals surface area contributed by atoms with Gasteiger partial charge in [-0.05, 0) is 25.0 Å². The Morgan fingerprint density at radius 2 is 1.80 bits per heavy atom. The van der Waals surface area contributed by atoms with E-state index >= 15 is 0 Å². The van der Waals surface area contributed by atoms with E-state index in [9.17, 15) is 14.4 Å². The molecular formula is C18H26N4O3. The molecule has 2 saturated heterocycles. The third kappa shape index (κ3) is 3.86. The minimum absolute atomic E-state index is 0.0190. The highest BCUT2D eigenvalue weighted by Gasteiger charge is 2.33. The topological polar surface area (TPSA) is 76.7 Å². The van der Waals surface area contributed by atoms with Crippen LogP contribution in [-0.2, 0) is 9.59 Å². The molecule has 3 rings (SSSR count). The fraction of sp³-hybridized carbons (Fsp3) is 0.611. The molecule has 7 heteroatoms. The number of hydrogen-bond donors (Lipinski definition) is 1. The summed E-state index contributed by atoms with van der Waals surface area (Å²) in [5.41, 5.74) is 0.584. The monoisotopic (exact) mass is 346 g/mol. The molecule has 2 aliphatic rings. The third-order valence-electron chi connectivity index (χ3n) is 5.13. The summed E-state index contributed by atoms with van der Waals surface area (Å²) in [6, 6.07) is 3.57. The van der Waals surface area contributed by atoms with Gasteiger partial charge in [-0.1, -0.05) is 6.92 Å². The molecule has 0 spiro atoms. The van der Waals surface area contributed by atoms with Crippen molar-refractivity contribution in [1.29, 1.82) is 0 Å². The lowest BCUT2D eigenvalue weighted by Crippen LogP contribution is -2.54. The van der Waals surface area contributed by atoms with E-state index in [1.54, 1.807) is 23.2 Å². The van der Waals surface area contributed by atoms with Crippen molar-refractivity contribution in [1.82, 2.24) is 19.7 Å². The molecule has 1 N–H and O–H groups in total. The average Bonchev–Trinajstić information content (AvgIpc) is 3.21. The highest BCUT2D eigenvalue weighted by molar-refractivity contribution is 5.92. The maximum absolute atomic E-state index is 12.8. The molecular weight excluding hydrogens is 320 g/mol. The Labute approximate surface area is 148 Å². The predicted molar refractivity (Wildman–Crippen MR) is 92.9 cm³/mol. The van der Waals surface area contributed by atoms with Gasteiger partial charge in [-0.25, -0.2) is 0 Å². The van der Waals surface area contributed by atoms with Crippen molar-refractivity contribution < 1.29 is 14.4 Å². The number of piperazine rings is 1. The second kappa shape index (κ2) is 7.72. The molecule has 0 aromatic carbocycles. The summed E-state index contributed by atoms with van der Waals surface area (Å²) in [5, 5.41) is 0. The minimum atomic E-state index is -0.102. The van der Waals surface area contributed by atoms with Crippen LogP contribution < -0.4 is 0 Å². The predicted octanol–water partition coefficient (Wildman–Crippen LogP) is 0.948. The molecule has 0 aliphatic carbocycles. The van der Waals surface area contributed by atoms with Crippen LogP contribution in [0.15, 0.2) is 18.3 Å². The summed E-state index contributed by atoms with van der Waals surface area (Å²) >= 11 is 0. The van der Waals surface area contributed by atoms with Crippen LogP contribution in [0.5, 0.6) is 0 Å². The molecule has 3 heterocycles. The molecule has 25 heavy (non-hydrogen) atoms. The maximum atomic E-state index is 12.8. The normalized spacial score (nSPS) is 21.3. The van der Waals surface area contributed by atoms with E-state index in [1.807, 2.05) is 16.7 Å². The molecule has 0 bridgehead atoms. The third-order valence-corrected chi connectivity index (χ3v) is 5.13. The van der Waals surface area contributed by atoms with E-state index in [1.165, 1.54) is 0 Å². The first-order valence-corrected chi connectivity index (χ1v) is 9.09. The van der Waals surface area contributed by atoms with E-state index in [4.69, 9.17) is 0 Å². The summed E-state index contributed by atoms with van der Waals surface area (Å²) in [6.07, 6.45) is 3.95. The largest absolute Gasteiger partial charge is 0.357 e. The van der Waals surface area contributed by atoms with E-state index in [0.29, 0.717) is 44.8 Å². The average molecular weight is 346 g/mol. The van der Waals surface area contributed by atoms with Crippen molar-refractivity contribution in [3.05, 3.63) is 24.0 Å². The second-order valence-corrected chi connectivity index (χ2v) is 6.73. The van der Waals surface area contributed by atoms with Crippen LogP contribution >= 0.6 is 0 Å². The van der Waals surface area contributed by atoms with Gasteiger partial charge in [0, 0.05) is 51.9 Å². The first-order chi connectivity index (χ1) is 12.1. The lowest BCUT2D eigenvalue weighted by atomic mass is 9.96. The second-order valence-electron chi connectivity index (χ2n) is 6.73. The summed E-state index contributed by atoms with van der Waals surface area (Å²) in [6.45, 7) is 5.37. The Bertz CT molecular complexity index is 620. The molecule has 7 nitrogen and oxygen atoms in total. The first-order valence-electron chi connectivity index (χ1n) is 9.09. The van der Waals surface area contributed by atoms with Crippen molar-refractivity contribution in [2.24, 2.45) is 5.92 Å². The Morgan fingerprint density at radius 3 is 2.44 bits per heavy atom. The van der Waals surface area contributed by atoms with Gasteiger partial charge < -0.3 is 19.7 Å². The van der Waals surface area contributed by atoms with Gasteiger partial charge in [-0.3, -0.25) is 14.4 Å². The molecule has 0 radical (unpaired) electrons. The number of nitrogens with one attached hydrogen (secondary N) is 1. The number of carbonyl (C=O) groups excluding carboxylic acids is 3. The van der Waals surface area contributed by atoms with Crippen LogP contribution in [0.1, 0.15) is 36.7 Å². The number of hydrogen-bond acceptors (Lipinski definition) is 3. The van der Waals surface area contributed by atoms with Crippen molar-refractivity contribution in [2.45, 2.75) is 26.2 Å². The van der Waals surface area contributed by atoms with Crippen molar-refractivity contribution >= 4 is 17.7 Å². The van der Waals surface area contributed by atoms with Crippen LogP contribution in [0.25, 0.3) is 0 Å². The molecule has 1 atom stereocenters. The number of piperidine rings is 1. The molecule has 136 valence electrons. The van der Waals surface area contributed by atoms with Crippen LogP contribution in [0.3, 0.4) is 0 Å². The quantitative estimate of drug-likeness (QED) is 0.885. The number of likely N-dealkylation sites (tertiary alicyclic amines) is 1. The van der Waals surface area contributed by atoms with Crippen molar-refractivity contribution in [3.63, 3.8) is 0 Å². The SMILES string of the molecule is CCC(=O)N1CCC[C@@H](C(=O)N2CCN(C(=O)c3ccc[nH]3)CC2)C1. The Hall–Kier alpha value is -2.31.